The van der Waals surface area contributed by atoms with Crippen molar-refractivity contribution in [3.8, 4) is 0 Å². The van der Waals surface area contributed by atoms with Crippen LogP contribution in [-0.2, 0) is 47.5 Å². The minimum Gasteiger partial charge on any atom is -0.465 e. The summed E-state index contributed by atoms with van der Waals surface area (Å²) in [4.78, 5) is 40.9. The maximum Gasteiger partial charge on any atom is 0.508 e. The van der Waals surface area contributed by atoms with Gasteiger partial charge < -0.3 is 42.8 Å². The lowest BCUT2D eigenvalue weighted by Crippen LogP contribution is -2.28. The lowest BCUT2D eigenvalue weighted by Gasteiger charge is -2.20. The van der Waals surface area contributed by atoms with Gasteiger partial charge in [-0.05, 0) is 122 Å². The largest absolute Gasteiger partial charge is 0.508 e. The number of carbonyl (C=O) groups is 3. The van der Waals surface area contributed by atoms with Gasteiger partial charge in [-0.15, -0.1) is 0 Å². The van der Waals surface area contributed by atoms with Gasteiger partial charge in [0.1, 0.15) is 19.8 Å². The zero-order valence-corrected chi connectivity index (χ0v) is 41.4. The van der Waals surface area contributed by atoms with E-state index in [4.69, 9.17) is 37.9 Å². The predicted octanol–water partition coefficient (Wildman–Crippen LogP) is 12.4. The number of ether oxygens (including phenoxy) is 8. The first-order valence-corrected chi connectivity index (χ1v) is 25.2. The minimum atomic E-state index is -0.818. The number of esters is 2. The average Bonchev–Trinajstić information content (AvgIpc) is 3.30. The lowest BCUT2D eigenvalue weighted by atomic mass is 10.2. The van der Waals surface area contributed by atoms with Gasteiger partial charge in [0.2, 0.25) is 0 Å². The second kappa shape index (κ2) is 47.9. The van der Waals surface area contributed by atoms with Crippen molar-refractivity contribution in [3.05, 3.63) is 48.6 Å². The number of rotatable bonds is 46. The Balaban J connectivity index is 5.37. The van der Waals surface area contributed by atoms with Crippen LogP contribution in [0.5, 0.6) is 0 Å². The van der Waals surface area contributed by atoms with Crippen molar-refractivity contribution >= 4 is 18.1 Å². The molecule has 372 valence electrons. The number of hydrogen-bond donors (Lipinski definition) is 0. The topological polar surface area (TPSA) is 128 Å². The third-order valence-corrected chi connectivity index (χ3v) is 10.2. The van der Waals surface area contributed by atoms with E-state index >= 15 is 0 Å². The summed E-state index contributed by atoms with van der Waals surface area (Å²) in [6.07, 6.45) is 32.9. The van der Waals surface area contributed by atoms with E-state index in [2.05, 4.69) is 95.1 Å². The van der Waals surface area contributed by atoms with Crippen LogP contribution >= 0.6 is 0 Å². The van der Waals surface area contributed by atoms with Gasteiger partial charge in [0.15, 0.2) is 12.6 Å². The van der Waals surface area contributed by atoms with E-state index in [1.165, 1.54) is 0 Å². The molecule has 0 saturated carbocycles. The monoisotopic (exact) mass is 908 g/mol. The van der Waals surface area contributed by atoms with Gasteiger partial charge in [0.25, 0.3) is 0 Å². The highest BCUT2D eigenvalue weighted by atomic mass is 16.7. The van der Waals surface area contributed by atoms with Crippen molar-refractivity contribution in [2.24, 2.45) is 5.92 Å². The van der Waals surface area contributed by atoms with E-state index in [0.29, 0.717) is 45.7 Å². The Morgan fingerprint density at radius 2 is 0.781 bits per heavy atom. The van der Waals surface area contributed by atoms with Gasteiger partial charge in [-0.25, -0.2) is 4.79 Å². The van der Waals surface area contributed by atoms with Gasteiger partial charge in [-0.2, -0.15) is 0 Å². The summed E-state index contributed by atoms with van der Waals surface area (Å²) >= 11 is 0. The highest BCUT2D eigenvalue weighted by molar-refractivity contribution is 5.69. The molecule has 0 bridgehead atoms. The van der Waals surface area contributed by atoms with Gasteiger partial charge in [-0.3, -0.25) is 9.59 Å². The van der Waals surface area contributed by atoms with Gasteiger partial charge in [0.05, 0.1) is 25.4 Å². The van der Waals surface area contributed by atoms with Gasteiger partial charge >= 0.3 is 18.1 Å². The molecule has 0 spiro atoms. The van der Waals surface area contributed by atoms with Crippen molar-refractivity contribution in [2.45, 2.75) is 189 Å². The summed E-state index contributed by atoms with van der Waals surface area (Å²) in [7, 11) is 0. The summed E-state index contributed by atoms with van der Waals surface area (Å²) in [5, 5.41) is 0. The molecule has 0 radical (unpaired) electrons. The molecule has 0 aliphatic rings. The first-order chi connectivity index (χ1) is 31.3. The molecule has 0 aromatic heterocycles. The zero-order chi connectivity index (χ0) is 47.0. The Labute approximate surface area is 390 Å². The summed E-state index contributed by atoms with van der Waals surface area (Å²) in [6, 6.07) is 0. The van der Waals surface area contributed by atoms with Gasteiger partial charge in [-0.1, -0.05) is 90.2 Å². The fourth-order valence-electron chi connectivity index (χ4n) is 6.28. The van der Waals surface area contributed by atoms with E-state index in [0.717, 1.165) is 122 Å². The van der Waals surface area contributed by atoms with Crippen LogP contribution in [0.2, 0.25) is 0 Å². The third kappa shape index (κ3) is 41.7. The number of unbranched alkanes of at least 4 members (excludes halogenated alkanes) is 8. The molecule has 0 fully saturated rings. The lowest BCUT2D eigenvalue weighted by molar-refractivity contribution is -0.163. The quantitative estimate of drug-likeness (QED) is 0.0190. The molecule has 0 rings (SSSR count). The van der Waals surface area contributed by atoms with E-state index in [1.807, 2.05) is 0 Å². The molecule has 0 aliphatic heterocycles. The smallest absolute Gasteiger partial charge is 0.465 e. The molecular formula is C52H93NO11. The number of allylic oxidation sites excluding steroid dienone is 8. The molecular weight excluding hydrogens is 815 g/mol. The molecule has 12 heteroatoms. The van der Waals surface area contributed by atoms with E-state index in [1.54, 1.807) is 0 Å². The molecule has 0 amide bonds. The highest BCUT2D eigenvalue weighted by Crippen LogP contribution is 2.14. The molecule has 0 N–H and O–H groups in total. The Bertz CT molecular complexity index is 1070. The Hall–Kier alpha value is -3.03. The Kier molecular flexibility index (Phi) is 45.6. The molecule has 64 heavy (non-hydrogen) atoms. The standard InChI is InChI=1S/C52H93NO11/c1-7-13-17-21-25-29-39-57-50(58-40-30-26-22-18-14-8-2)36-34-48(54)62-44-47(46-64-52(56)61-43-33-38-53(11-5)12-6)45-63-49(55)35-37-51(59-41-31-27-23-19-15-9-3)60-42-32-28-24-20-16-10-4/h13-20,47,50-51H,7-12,21-46H2,1-6H3/b17-13-,18-14-,19-15-,20-16-. The maximum atomic E-state index is 13.1. The molecule has 0 heterocycles. The van der Waals surface area contributed by atoms with Crippen molar-refractivity contribution in [1.29, 1.82) is 0 Å². The molecule has 0 aliphatic carbocycles. The highest BCUT2D eigenvalue weighted by Gasteiger charge is 2.21. The van der Waals surface area contributed by atoms with Crippen molar-refractivity contribution in [3.63, 3.8) is 0 Å². The Morgan fingerprint density at radius 1 is 0.422 bits per heavy atom. The number of hydrogen-bond acceptors (Lipinski definition) is 12. The molecule has 12 nitrogen and oxygen atoms in total. The zero-order valence-electron chi connectivity index (χ0n) is 41.4. The molecule has 0 saturated heterocycles. The van der Waals surface area contributed by atoms with E-state index in [9.17, 15) is 14.4 Å². The van der Waals surface area contributed by atoms with Crippen LogP contribution in [-0.4, -0.2) is 108 Å². The summed E-state index contributed by atoms with van der Waals surface area (Å²) in [5.41, 5.74) is 0. The van der Waals surface area contributed by atoms with Crippen LogP contribution in [0.15, 0.2) is 48.6 Å². The molecule has 0 unspecified atom stereocenters. The summed E-state index contributed by atoms with van der Waals surface area (Å²) in [5.74, 6) is -1.49. The summed E-state index contributed by atoms with van der Waals surface area (Å²) < 4.78 is 46.3. The molecule has 0 aromatic rings. The van der Waals surface area contributed by atoms with Crippen LogP contribution in [0.3, 0.4) is 0 Å². The fraction of sp³-hybridized carbons (Fsp3) is 0.788. The van der Waals surface area contributed by atoms with Crippen molar-refractivity contribution < 1.29 is 52.3 Å². The predicted molar refractivity (Wildman–Crippen MR) is 258 cm³/mol. The van der Waals surface area contributed by atoms with Crippen molar-refractivity contribution in [1.82, 2.24) is 4.90 Å². The van der Waals surface area contributed by atoms with Crippen LogP contribution < -0.4 is 0 Å². The Morgan fingerprint density at radius 3 is 1.12 bits per heavy atom. The summed E-state index contributed by atoms with van der Waals surface area (Å²) in [6.45, 7) is 17.4. The first kappa shape index (κ1) is 61.0. The average molecular weight is 908 g/mol. The normalized spacial score (nSPS) is 12.2. The van der Waals surface area contributed by atoms with E-state index < -0.39 is 36.6 Å². The second-order valence-corrected chi connectivity index (χ2v) is 15.9. The molecule has 0 aromatic carbocycles. The van der Waals surface area contributed by atoms with Crippen LogP contribution in [0.1, 0.15) is 176 Å². The SMILES string of the molecule is CC/C=C\CCCCOC(CCC(=O)OCC(COC(=O)CCC(OCCCC/C=C\CC)OCCCC/C=C\CC)COC(=O)OCCCN(CC)CC)OCCCC/C=C\CC. The van der Waals surface area contributed by atoms with Crippen LogP contribution in [0, 0.1) is 5.92 Å². The molecule has 0 atom stereocenters. The third-order valence-electron chi connectivity index (χ3n) is 10.2. The van der Waals surface area contributed by atoms with Crippen molar-refractivity contribution in [2.75, 3.05) is 72.5 Å². The van der Waals surface area contributed by atoms with E-state index in [-0.39, 0.29) is 39.3 Å². The minimum absolute atomic E-state index is 0.0807. The van der Waals surface area contributed by atoms with Gasteiger partial charge in [0, 0.05) is 45.8 Å². The maximum absolute atomic E-state index is 13.1. The second-order valence-electron chi connectivity index (χ2n) is 15.9. The van der Waals surface area contributed by atoms with Crippen LogP contribution in [0.4, 0.5) is 4.79 Å². The fourth-order valence-corrected chi connectivity index (χ4v) is 6.28. The number of carbonyl (C=O) groups excluding carboxylic acids is 3. The number of nitrogens with zero attached hydrogens (tertiary/aromatic N) is 1. The first-order valence-electron chi connectivity index (χ1n) is 25.2. The van der Waals surface area contributed by atoms with Crippen LogP contribution in [0.25, 0.3) is 0 Å².